The quantitative estimate of drug-likeness (QED) is 0.582. The second kappa shape index (κ2) is 2.60. The Hall–Kier alpha value is -0.940. The minimum absolute atomic E-state index is 0.0486. The molecular formula is C6H9N3O2. The Morgan fingerprint density at radius 3 is 3.27 bits per heavy atom. The lowest BCUT2D eigenvalue weighted by Crippen LogP contribution is -2.18. The van der Waals surface area contributed by atoms with E-state index in [2.05, 4.69) is 10.2 Å². The van der Waals surface area contributed by atoms with Crippen LogP contribution in [0.1, 0.15) is 11.6 Å². The van der Waals surface area contributed by atoms with Gasteiger partial charge < -0.3 is 14.4 Å². The fraction of sp³-hybridized carbons (Fsp3) is 0.667. The first-order valence-electron chi connectivity index (χ1n) is 3.51. The molecule has 2 heterocycles. The van der Waals surface area contributed by atoms with Crippen LogP contribution in [0, 0.1) is 0 Å². The lowest BCUT2D eigenvalue weighted by atomic mass is 10.5. The molecule has 60 valence electrons. The molecule has 11 heavy (non-hydrogen) atoms. The molecule has 0 bridgehead atoms. The van der Waals surface area contributed by atoms with Crippen LogP contribution in [0.2, 0.25) is 0 Å². The summed E-state index contributed by atoms with van der Waals surface area (Å²) in [6.07, 6.45) is 0. The van der Waals surface area contributed by atoms with Gasteiger partial charge in [0.25, 0.3) is 0 Å². The van der Waals surface area contributed by atoms with Gasteiger partial charge in [-0.1, -0.05) is 0 Å². The van der Waals surface area contributed by atoms with Gasteiger partial charge >= 0.3 is 0 Å². The molecule has 1 N–H and O–H groups in total. The fourth-order valence-corrected chi connectivity index (χ4v) is 1.17. The smallest absolute Gasteiger partial charge is 0.159 e. The van der Waals surface area contributed by atoms with Crippen LogP contribution in [0.15, 0.2) is 0 Å². The highest BCUT2D eigenvalue weighted by Gasteiger charge is 2.14. The molecule has 0 saturated carbocycles. The number of ether oxygens (including phenoxy) is 1. The summed E-state index contributed by atoms with van der Waals surface area (Å²) in [5.74, 6) is 1.43. The molecule has 0 amide bonds. The second-order valence-electron chi connectivity index (χ2n) is 2.39. The van der Waals surface area contributed by atoms with Crippen molar-refractivity contribution in [3.8, 4) is 0 Å². The Morgan fingerprint density at radius 2 is 2.45 bits per heavy atom. The highest BCUT2D eigenvalue weighted by molar-refractivity contribution is 4.95. The van der Waals surface area contributed by atoms with Gasteiger partial charge in [-0.3, -0.25) is 0 Å². The third-order valence-corrected chi connectivity index (χ3v) is 1.74. The zero-order valence-electron chi connectivity index (χ0n) is 6.03. The first-order chi connectivity index (χ1) is 5.42. The Morgan fingerprint density at radius 1 is 1.55 bits per heavy atom. The maximum atomic E-state index is 8.82. The summed E-state index contributed by atoms with van der Waals surface area (Å²) in [7, 11) is 0. The number of hydrogen-bond donors (Lipinski definition) is 1. The molecule has 5 nitrogen and oxygen atoms in total. The zero-order valence-corrected chi connectivity index (χ0v) is 6.03. The number of aliphatic hydroxyl groups excluding tert-OH is 1. The average Bonchev–Trinajstić information content (AvgIpc) is 2.47. The molecule has 0 unspecified atom stereocenters. The Labute approximate surface area is 63.6 Å². The average molecular weight is 155 g/mol. The Bertz CT molecular complexity index is 245. The molecule has 1 aromatic heterocycles. The molecule has 0 aromatic carbocycles. The van der Waals surface area contributed by atoms with Gasteiger partial charge in [0.2, 0.25) is 0 Å². The predicted octanol–water partition coefficient (Wildman–Crippen LogP) is -0.699. The van der Waals surface area contributed by atoms with Gasteiger partial charge in [0.05, 0.1) is 6.61 Å². The highest BCUT2D eigenvalue weighted by Crippen LogP contribution is 2.08. The van der Waals surface area contributed by atoms with Crippen molar-refractivity contribution in [3.05, 3.63) is 11.6 Å². The van der Waals surface area contributed by atoms with Crippen LogP contribution in [-0.4, -0.2) is 26.5 Å². The van der Waals surface area contributed by atoms with Crippen molar-refractivity contribution < 1.29 is 9.84 Å². The van der Waals surface area contributed by atoms with E-state index >= 15 is 0 Å². The normalized spacial score (nSPS) is 16.5. The number of fused-ring (bicyclic) bond motifs is 1. The van der Waals surface area contributed by atoms with E-state index in [1.165, 1.54) is 0 Å². The Balaban J connectivity index is 2.38. The first kappa shape index (κ1) is 6.75. The van der Waals surface area contributed by atoms with Crippen molar-refractivity contribution in [1.29, 1.82) is 0 Å². The van der Waals surface area contributed by atoms with Crippen molar-refractivity contribution in [3.63, 3.8) is 0 Å². The van der Waals surface area contributed by atoms with Crippen LogP contribution in [-0.2, 0) is 24.5 Å². The monoisotopic (exact) mass is 155 g/mol. The highest BCUT2D eigenvalue weighted by atomic mass is 16.5. The molecule has 5 heteroatoms. The van der Waals surface area contributed by atoms with E-state index in [0.29, 0.717) is 19.0 Å². The fourth-order valence-electron chi connectivity index (χ4n) is 1.17. The largest absolute Gasteiger partial charge is 0.388 e. The summed E-state index contributed by atoms with van der Waals surface area (Å²) in [4.78, 5) is 0. The Kier molecular flexibility index (Phi) is 1.59. The van der Waals surface area contributed by atoms with Crippen molar-refractivity contribution >= 4 is 0 Å². The lowest BCUT2D eigenvalue weighted by Gasteiger charge is -2.14. The van der Waals surface area contributed by atoms with Gasteiger partial charge in [-0.25, -0.2) is 0 Å². The summed E-state index contributed by atoms with van der Waals surface area (Å²) in [6, 6.07) is 0. The maximum absolute atomic E-state index is 8.82. The summed E-state index contributed by atoms with van der Waals surface area (Å²) in [6.45, 7) is 1.89. The van der Waals surface area contributed by atoms with Crippen molar-refractivity contribution in [2.75, 3.05) is 6.61 Å². The standard InChI is InChI=1S/C6H9N3O2/c10-3-5-7-8-6-4-11-2-1-9(5)6/h10H,1-4H2. The van der Waals surface area contributed by atoms with E-state index < -0.39 is 0 Å². The van der Waals surface area contributed by atoms with Crippen molar-refractivity contribution in [2.45, 2.75) is 19.8 Å². The second-order valence-corrected chi connectivity index (χ2v) is 2.39. The van der Waals surface area contributed by atoms with Gasteiger partial charge in [0.15, 0.2) is 11.6 Å². The lowest BCUT2D eigenvalue weighted by molar-refractivity contribution is 0.0791. The van der Waals surface area contributed by atoms with E-state index in [1.807, 2.05) is 4.57 Å². The van der Waals surface area contributed by atoms with E-state index in [0.717, 1.165) is 12.4 Å². The molecule has 0 spiro atoms. The first-order valence-corrected chi connectivity index (χ1v) is 3.51. The summed E-state index contributed by atoms with van der Waals surface area (Å²) in [5.41, 5.74) is 0. The van der Waals surface area contributed by atoms with Gasteiger partial charge in [-0.05, 0) is 0 Å². The molecule has 0 radical (unpaired) electrons. The number of rotatable bonds is 1. The van der Waals surface area contributed by atoms with Crippen LogP contribution in [0.3, 0.4) is 0 Å². The van der Waals surface area contributed by atoms with E-state index in [1.54, 1.807) is 0 Å². The van der Waals surface area contributed by atoms with Crippen LogP contribution in [0.5, 0.6) is 0 Å². The van der Waals surface area contributed by atoms with Gasteiger partial charge in [0, 0.05) is 6.54 Å². The number of aromatic nitrogens is 3. The molecular weight excluding hydrogens is 146 g/mol. The molecule has 1 aromatic rings. The van der Waals surface area contributed by atoms with Crippen LogP contribution < -0.4 is 0 Å². The molecule has 2 rings (SSSR count). The summed E-state index contributed by atoms with van der Waals surface area (Å²) in [5, 5.41) is 16.5. The predicted molar refractivity (Wildman–Crippen MR) is 35.6 cm³/mol. The minimum atomic E-state index is -0.0486. The maximum Gasteiger partial charge on any atom is 0.159 e. The number of aliphatic hydroxyl groups is 1. The number of hydrogen-bond acceptors (Lipinski definition) is 4. The third kappa shape index (κ3) is 1.02. The molecule has 1 aliphatic heterocycles. The minimum Gasteiger partial charge on any atom is -0.388 e. The molecule has 0 fully saturated rings. The van der Waals surface area contributed by atoms with Crippen LogP contribution in [0.25, 0.3) is 0 Å². The molecule has 1 aliphatic rings. The van der Waals surface area contributed by atoms with Gasteiger partial charge in [-0.15, -0.1) is 10.2 Å². The summed E-state index contributed by atoms with van der Waals surface area (Å²) >= 11 is 0. The van der Waals surface area contributed by atoms with Crippen LogP contribution in [0.4, 0.5) is 0 Å². The van der Waals surface area contributed by atoms with E-state index in [4.69, 9.17) is 9.84 Å². The molecule has 0 aliphatic carbocycles. The number of nitrogens with zero attached hydrogens (tertiary/aromatic N) is 3. The SMILES string of the molecule is OCc1nnc2n1CCOC2. The topological polar surface area (TPSA) is 60.2 Å². The van der Waals surface area contributed by atoms with E-state index in [9.17, 15) is 0 Å². The van der Waals surface area contributed by atoms with Gasteiger partial charge in [0.1, 0.15) is 13.2 Å². The van der Waals surface area contributed by atoms with Crippen LogP contribution >= 0.6 is 0 Å². The summed E-state index contributed by atoms with van der Waals surface area (Å²) < 4.78 is 7.04. The zero-order chi connectivity index (χ0) is 7.68. The molecule has 0 saturated heterocycles. The van der Waals surface area contributed by atoms with Crippen molar-refractivity contribution in [2.24, 2.45) is 0 Å². The van der Waals surface area contributed by atoms with Gasteiger partial charge in [-0.2, -0.15) is 0 Å². The van der Waals surface area contributed by atoms with Crippen molar-refractivity contribution in [1.82, 2.24) is 14.8 Å². The third-order valence-electron chi connectivity index (χ3n) is 1.74. The van der Waals surface area contributed by atoms with E-state index in [-0.39, 0.29) is 6.61 Å². The molecule has 0 atom stereocenters.